The smallest absolute Gasteiger partial charge is 0.145 e. The van der Waals surface area contributed by atoms with Gasteiger partial charge in [-0.2, -0.15) is 5.26 Å². The number of nitrogens with zero attached hydrogens (tertiary/aromatic N) is 1. The Morgan fingerprint density at radius 1 is 1.05 bits per heavy atom. The SMILES string of the molecule is Cc1ccc(C(C)(C)C)c(Oc2ccc(Br)cc2C#N)c1. The summed E-state index contributed by atoms with van der Waals surface area (Å²) in [4.78, 5) is 0. The van der Waals surface area contributed by atoms with Crippen molar-refractivity contribution >= 4 is 15.9 Å². The maximum Gasteiger partial charge on any atom is 0.145 e. The third-order valence-corrected chi connectivity index (χ3v) is 3.72. The van der Waals surface area contributed by atoms with E-state index in [2.05, 4.69) is 54.9 Å². The van der Waals surface area contributed by atoms with Gasteiger partial charge in [0.25, 0.3) is 0 Å². The van der Waals surface area contributed by atoms with Crippen LogP contribution >= 0.6 is 15.9 Å². The summed E-state index contributed by atoms with van der Waals surface area (Å²) in [6, 6.07) is 13.8. The van der Waals surface area contributed by atoms with Gasteiger partial charge in [-0.1, -0.05) is 48.8 Å². The maximum absolute atomic E-state index is 9.25. The van der Waals surface area contributed by atoms with E-state index in [4.69, 9.17) is 4.74 Å². The highest BCUT2D eigenvalue weighted by Gasteiger charge is 2.20. The molecule has 21 heavy (non-hydrogen) atoms. The van der Waals surface area contributed by atoms with Crippen molar-refractivity contribution < 1.29 is 4.74 Å². The first-order valence-corrected chi connectivity index (χ1v) is 7.59. The number of hydrogen-bond donors (Lipinski definition) is 0. The molecule has 0 spiro atoms. The topological polar surface area (TPSA) is 33.0 Å². The monoisotopic (exact) mass is 343 g/mol. The highest BCUT2D eigenvalue weighted by atomic mass is 79.9. The molecule has 0 atom stereocenters. The molecule has 0 saturated heterocycles. The number of hydrogen-bond acceptors (Lipinski definition) is 2. The van der Waals surface area contributed by atoms with Crippen LogP contribution < -0.4 is 4.74 Å². The Balaban J connectivity index is 2.50. The highest BCUT2D eigenvalue weighted by Crippen LogP contribution is 2.36. The molecule has 3 heteroatoms. The summed E-state index contributed by atoms with van der Waals surface area (Å²) in [6.45, 7) is 8.48. The molecule has 0 saturated carbocycles. The molecule has 0 bridgehead atoms. The molecule has 0 aromatic heterocycles. The van der Waals surface area contributed by atoms with E-state index in [0.717, 1.165) is 21.3 Å². The summed E-state index contributed by atoms with van der Waals surface area (Å²) < 4.78 is 6.92. The molecule has 2 aromatic carbocycles. The van der Waals surface area contributed by atoms with Crippen molar-refractivity contribution in [3.05, 3.63) is 57.6 Å². The van der Waals surface area contributed by atoms with Crippen molar-refractivity contribution in [2.45, 2.75) is 33.1 Å². The molecule has 0 N–H and O–H groups in total. The minimum Gasteiger partial charge on any atom is -0.456 e. The summed E-state index contributed by atoms with van der Waals surface area (Å²) in [7, 11) is 0. The minimum absolute atomic E-state index is 0.0226. The van der Waals surface area contributed by atoms with Crippen LogP contribution in [0.2, 0.25) is 0 Å². The molecular formula is C18H18BrNO. The third kappa shape index (κ3) is 3.65. The van der Waals surface area contributed by atoms with Crippen LogP contribution in [0.5, 0.6) is 11.5 Å². The molecular weight excluding hydrogens is 326 g/mol. The normalized spacial score (nSPS) is 11.0. The van der Waals surface area contributed by atoms with Gasteiger partial charge in [-0.3, -0.25) is 0 Å². The third-order valence-electron chi connectivity index (χ3n) is 3.23. The Bertz CT molecular complexity index is 708. The molecule has 0 amide bonds. The second-order valence-corrected chi connectivity index (χ2v) is 7.02. The Kier molecular flexibility index (Phi) is 4.39. The van der Waals surface area contributed by atoms with Crippen molar-refractivity contribution in [1.82, 2.24) is 0 Å². The summed E-state index contributed by atoms with van der Waals surface area (Å²) in [5, 5.41) is 9.25. The van der Waals surface area contributed by atoms with Gasteiger partial charge in [-0.25, -0.2) is 0 Å². The lowest BCUT2D eigenvalue weighted by atomic mass is 9.86. The molecule has 2 rings (SSSR count). The number of nitriles is 1. The van der Waals surface area contributed by atoms with Gasteiger partial charge in [0.15, 0.2) is 0 Å². The molecule has 0 aliphatic rings. The fourth-order valence-corrected chi connectivity index (χ4v) is 2.49. The maximum atomic E-state index is 9.25. The predicted molar refractivity (Wildman–Crippen MR) is 88.8 cm³/mol. The van der Waals surface area contributed by atoms with Crippen LogP contribution in [0.15, 0.2) is 40.9 Å². The Labute approximate surface area is 134 Å². The van der Waals surface area contributed by atoms with Crippen molar-refractivity contribution in [3.8, 4) is 17.6 Å². The Morgan fingerprint density at radius 3 is 2.38 bits per heavy atom. The van der Waals surface area contributed by atoms with Crippen LogP contribution in [0.3, 0.4) is 0 Å². The molecule has 2 aromatic rings. The largest absolute Gasteiger partial charge is 0.456 e. The Hall–Kier alpha value is -1.79. The number of ether oxygens (including phenoxy) is 1. The zero-order valence-corrected chi connectivity index (χ0v) is 14.3. The van der Waals surface area contributed by atoms with Crippen LogP contribution in [0, 0.1) is 18.3 Å². The molecule has 108 valence electrons. The van der Waals surface area contributed by atoms with Crippen molar-refractivity contribution in [2.24, 2.45) is 0 Å². The quantitative estimate of drug-likeness (QED) is 0.698. The van der Waals surface area contributed by atoms with Crippen molar-refractivity contribution in [3.63, 3.8) is 0 Å². The van der Waals surface area contributed by atoms with Crippen LogP contribution in [-0.2, 0) is 5.41 Å². The van der Waals surface area contributed by atoms with Gasteiger partial charge < -0.3 is 4.74 Å². The molecule has 0 fully saturated rings. The zero-order chi connectivity index (χ0) is 15.6. The lowest BCUT2D eigenvalue weighted by molar-refractivity contribution is 0.453. The zero-order valence-electron chi connectivity index (χ0n) is 12.7. The van der Waals surface area contributed by atoms with Gasteiger partial charge in [-0.05, 0) is 42.2 Å². The first-order valence-electron chi connectivity index (χ1n) is 6.80. The van der Waals surface area contributed by atoms with Gasteiger partial charge >= 0.3 is 0 Å². The summed E-state index contributed by atoms with van der Waals surface area (Å²) in [5.74, 6) is 1.39. The Morgan fingerprint density at radius 2 is 1.76 bits per heavy atom. The van der Waals surface area contributed by atoms with Gasteiger partial charge in [0.05, 0.1) is 5.56 Å². The molecule has 2 nitrogen and oxygen atoms in total. The first kappa shape index (κ1) is 15.6. The average molecular weight is 344 g/mol. The van der Waals surface area contributed by atoms with E-state index in [1.54, 1.807) is 6.07 Å². The van der Waals surface area contributed by atoms with Crippen LogP contribution in [0.4, 0.5) is 0 Å². The molecule has 0 unspecified atom stereocenters. The van der Waals surface area contributed by atoms with E-state index in [0.29, 0.717) is 11.3 Å². The second-order valence-electron chi connectivity index (χ2n) is 6.10. The molecule has 0 heterocycles. The molecule has 0 aliphatic carbocycles. The lowest BCUT2D eigenvalue weighted by Gasteiger charge is -2.23. The molecule has 0 aliphatic heterocycles. The van der Waals surface area contributed by atoms with E-state index in [9.17, 15) is 5.26 Å². The van der Waals surface area contributed by atoms with Crippen molar-refractivity contribution in [1.29, 1.82) is 5.26 Å². The summed E-state index contributed by atoms with van der Waals surface area (Å²) in [6.07, 6.45) is 0. The highest BCUT2D eigenvalue weighted by molar-refractivity contribution is 9.10. The number of aryl methyl sites for hydroxylation is 1. The van der Waals surface area contributed by atoms with E-state index in [1.165, 1.54) is 0 Å². The van der Waals surface area contributed by atoms with Gasteiger partial charge in [0.1, 0.15) is 17.6 Å². The van der Waals surface area contributed by atoms with E-state index < -0.39 is 0 Å². The van der Waals surface area contributed by atoms with Gasteiger partial charge in [-0.15, -0.1) is 0 Å². The van der Waals surface area contributed by atoms with E-state index >= 15 is 0 Å². The fraction of sp³-hybridized carbons (Fsp3) is 0.278. The molecule has 0 radical (unpaired) electrons. The summed E-state index contributed by atoms with van der Waals surface area (Å²) >= 11 is 3.37. The van der Waals surface area contributed by atoms with Crippen LogP contribution in [0.1, 0.15) is 37.5 Å². The number of halogens is 1. The summed E-state index contributed by atoms with van der Waals surface area (Å²) in [5.41, 5.74) is 2.75. The van der Waals surface area contributed by atoms with E-state index in [-0.39, 0.29) is 5.41 Å². The second kappa shape index (κ2) is 5.91. The lowest BCUT2D eigenvalue weighted by Crippen LogP contribution is -2.12. The minimum atomic E-state index is -0.0226. The van der Waals surface area contributed by atoms with Gasteiger partial charge in [0.2, 0.25) is 0 Å². The van der Waals surface area contributed by atoms with Crippen LogP contribution in [-0.4, -0.2) is 0 Å². The number of benzene rings is 2. The van der Waals surface area contributed by atoms with Crippen LogP contribution in [0.25, 0.3) is 0 Å². The predicted octanol–water partition coefficient (Wildman–Crippen LogP) is 5.72. The van der Waals surface area contributed by atoms with E-state index in [1.807, 2.05) is 25.1 Å². The van der Waals surface area contributed by atoms with Crippen molar-refractivity contribution in [2.75, 3.05) is 0 Å². The number of rotatable bonds is 2. The fourth-order valence-electron chi connectivity index (χ4n) is 2.13. The first-order chi connectivity index (χ1) is 9.81. The average Bonchev–Trinajstić information content (AvgIpc) is 2.39. The van der Waals surface area contributed by atoms with Gasteiger partial charge in [0, 0.05) is 10.0 Å². The standard InChI is InChI=1S/C18H18BrNO/c1-12-5-7-15(18(2,3)4)17(9-12)21-16-8-6-14(19)10-13(16)11-20/h5-10H,1-4H3.